The van der Waals surface area contributed by atoms with Gasteiger partial charge in [-0.3, -0.25) is 14.4 Å². The minimum absolute atomic E-state index is 0.116. The molecular weight excluding hydrogens is 330 g/mol. The van der Waals surface area contributed by atoms with Crippen LogP contribution in [-0.2, 0) is 25.5 Å². The van der Waals surface area contributed by atoms with Crippen molar-refractivity contribution in [1.82, 2.24) is 15.2 Å². The lowest BCUT2D eigenvalue weighted by atomic mass is 10.3. The Morgan fingerprint density at radius 1 is 1.25 bits per heavy atom. The van der Waals surface area contributed by atoms with Crippen LogP contribution >= 0.6 is 11.3 Å². The Bertz CT molecular complexity index is 709. The van der Waals surface area contributed by atoms with E-state index in [4.69, 9.17) is 4.74 Å². The molecule has 8 heteroatoms. The number of aryl methyl sites for hydroxylation is 1. The Hall–Kier alpha value is -2.48. The van der Waals surface area contributed by atoms with Crippen LogP contribution in [0.2, 0.25) is 0 Å². The van der Waals surface area contributed by atoms with Gasteiger partial charge < -0.3 is 15.0 Å². The molecule has 2 aromatic rings. The molecule has 1 heterocycles. The number of nitrogens with zero attached hydrogens (tertiary/aromatic N) is 2. The number of para-hydroxylation sites is 1. The van der Waals surface area contributed by atoms with E-state index >= 15 is 0 Å². The number of carbonyl (C=O) groups excluding carboxylic acids is 3. The number of esters is 1. The molecule has 0 bridgehead atoms. The summed E-state index contributed by atoms with van der Waals surface area (Å²) < 4.78 is 5.97. The molecule has 0 spiro atoms. The highest BCUT2D eigenvalue weighted by molar-refractivity contribution is 7.18. The molecule has 0 radical (unpaired) electrons. The first-order valence-corrected chi connectivity index (χ1v) is 8.24. The summed E-state index contributed by atoms with van der Waals surface area (Å²) in [6.07, 6.45) is 0.628. The van der Waals surface area contributed by atoms with Crippen molar-refractivity contribution in [1.29, 1.82) is 0 Å². The average molecular weight is 349 g/mol. The van der Waals surface area contributed by atoms with Crippen LogP contribution in [-0.4, -0.2) is 54.9 Å². The molecular formula is C16H19N3O4S. The standard InChI is InChI=1S/C16H19N3O4S/c1-19(2)15(21)9-17-13(20)10-23-16(22)8-7-14-18-11-5-3-4-6-12(11)24-14/h3-6H,7-10H2,1-2H3,(H,17,20). The van der Waals surface area contributed by atoms with Crippen LogP contribution in [0.25, 0.3) is 10.2 Å². The van der Waals surface area contributed by atoms with Gasteiger partial charge in [0.1, 0.15) is 0 Å². The lowest BCUT2D eigenvalue weighted by Gasteiger charge is -2.10. The molecule has 7 nitrogen and oxygen atoms in total. The zero-order chi connectivity index (χ0) is 17.5. The number of carbonyl (C=O) groups is 3. The molecule has 0 atom stereocenters. The number of hydrogen-bond donors (Lipinski definition) is 1. The predicted octanol–water partition coefficient (Wildman–Crippen LogP) is 0.977. The second-order valence-electron chi connectivity index (χ2n) is 5.30. The van der Waals surface area contributed by atoms with Crippen LogP contribution in [0, 0.1) is 0 Å². The summed E-state index contributed by atoms with van der Waals surface area (Å²) in [7, 11) is 3.19. The van der Waals surface area contributed by atoms with E-state index in [0.29, 0.717) is 6.42 Å². The Morgan fingerprint density at radius 2 is 2.00 bits per heavy atom. The van der Waals surface area contributed by atoms with Gasteiger partial charge in [0.25, 0.3) is 5.91 Å². The number of thiazole rings is 1. The lowest BCUT2D eigenvalue weighted by Crippen LogP contribution is -2.38. The van der Waals surface area contributed by atoms with Gasteiger partial charge in [-0.15, -0.1) is 11.3 Å². The number of amides is 2. The van der Waals surface area contributed by atoms with Gasteiger partial charge >= 0.3 is 5.97 Å². The van der Waals surface area contributed by atoms with Crippen molar-refractivity contribution in [2.75, 3.05) is 27.2 Å². The van der Waals surface area contributed by atoms with Crippen LogP contribution < -0.4 is 5.32 Å². The topological polar surface area (TPSA) is 88.6 Å². The summed E-state index contributed by atoms with van der Waals surface area (Å²) in [6.45, 7) is -0.505. The van der Waals surface area contributed by atoms with Crippen molar-refractivity contribution < 1.29 is 19.1 Å². The van der Waals surface area contributed by atoms with Gasteiger partial charge in [-0.25, -0.2) is 4.98 Å². The number of ether oxygens (including phenoxy) is 1. The molecule has 0 unspecified atom stereocenters. The van der Waals surface area contributed by atoms with Gasteiger partial charge in [-0.1, -0.05) is 12.1 Å². The number of hydrogen-bond acceptors (Lipinski definition) is 6. The monoisotopic (exact) mass is 349 g/mol. The van der Waals surface area contributed by atoms with Gasteiger partial charge in [-0.05, 0) is 12.1 Å². The third-order valence-electron chi connectivity index (χ3n) is 3.18. The molecule has 0 aliphatic rings. The molecule has 128 valence electrons. The SMILES string of the molecule is CN(C)C(=O)CNC(=O)COC(=O)CCc1nc2ccccc2s1. The quantitative estimate of drug-likeness (QED) is 0.753. The number of likely N-dealkylation sites (N-methyl/N-ethyl adjacent to an activating group) is 1. The van der Waals surface area contributed by atoms with E-state index in [9.17, 15) is 14.4 Å². The highest BCUT2D eigenvalue weighted by Gasteiger charge is 2.11. The molecule has 1 N–H and O–H groups in total. The van der Waals surface area contributed by atoms with E-state index in [-0.39, 0.29) is 25.5 Å². The normalized spacial score (nSPS) is 10.4. The second kappa shape index (κ2) is 8.39. The van der Waals surface area contributed by atoms with Crippen LogP contribution in [0.5, 0.6) is 0 Å². The van der Waals surface area contributed by atoms with Gasteiger partial charge in [0.2, 0.25) is 5.91 Å². The highest BCUT2D eigenvalue weighted by atomic mass is 32.1. The third-order valence-corrected chi connectivity index (χ3v) is 4.28. The molecule has 0 aliphatic heterocycles. The van der Waals surface area contributed by atoms with Crippen LogP contribution in [0.15, 0.2) is 24.3 Å². The Kier molecular flexibility index (Phi) is 6.25. The van der Waals surface area contributed by atoms with E-state index in [1.54, 1.807) is 14.1 Å². The fraction of sp³-hybridized carbons (Fsp3) is 0.375. The van der Waals surface area contributed by atoms with E-state index in [1.165, 1.54) is 16.2 Å². The average Bonchev–Trinajstić information content (AvgIpc) is 2.98. The zero-order valence-electron chi connectivity index (χ0n) is 13.6. The fourth-order valence-corrected chi connectivity index (χ4v) is 2.80. The summed E-state index contributed by atoms with van der Waals surface area (Å²) in [5.74, 6) is -1.20. The first kappa shape index (κ1) is 17.9. The molecule has 2 rings (SSSR count). The maximum Gasteiger partial charge on any atom is 0.306 e. The van der Waals surface area contributed by atoms with Gasteiger partial charge in [0.05, 0.1) is 28.2 Å². The van der Waals surface area contributed by atoms with Crippen molar-refractivity contribution in [3.63, 3.8) is 0 Å². The second-order valence-corrected chi connectivity index (χ2v) is 6.42. The van der Waals surface area contributed by atoms with Gasteiger partial charge in [-0.2, -0.15) is 0 Å². The van der Waals surface area contributed by atoms with Gasteiger partial charge in [0, 0.05) is 20.5 Å². The molecule has 24 heavy (non-hydrogen) atoms. The van der Waals surface area contributed by atoms with Crippen molar-refractivity contribution in [2.24, 2.45) is 0 Å². The molecule has 0 saturated carbocycles. The van der Waals surface area contributed by atoms with Crippen molar-refractivity contribution in [2.45, 2.75) is 12.8 Å². The van der Waals surface area contributed by atoms with E-state index in [2.05, 4.69) is 10.3 Å². The van der Waals surface area contributed by atoms with Gasteiger partial charge in [0.15, 0.2) is 6.61 Å². The van der Waals surface area contributed by atoms with E-state index < -0.39 is 11.9 Å². The fourth-order valence-electron chi connectivity index (χ4n) is 1.84. The molecule has 1 aromatic carbocycles. The van der Waals surface area contributed by atoms with Crippen LogP contribution in [0.4, 0.5) is 0 Å². The van der Waals surface area contributed by atoms with E-state index in [0.717, 1.165) is 15.2 Å². The van der Waals surface area contributed by atoms with Crippen molar-refractivity contribution >= 4 is 39.3 Å². The molecule has 0 saturated heterocycles. The predicted molar refractivity (Wildman–Crippen MR) is 90.6 cm³/mol. The molecule has 2 amide bonds. The number of aromatic nitrogens is 1. The number of nitrogens with one attached hydrogen (secondary N) is 1. The Balaban J connectivity index is 1.69. The smallest absolute Gasteiger partial charge is 0.306 e. The maximum atomic E-state index is 11.7. The highest BCUT2D eigenvalue weighted by Crippen LogP contribution is 2.22. The Labute approximate surface area is 143 Å². The number of rotatable bonds is 7. The van der Waals surface area contributed by atoms with Crippen LogP contribution in [0.1, 0.15) is 11.4 Å². The summed E-state index contributed by atoms with van der Waals surface area (Å²) in [4.78, 5) is 40.3. The van der Waals surface area contributed by atoms with E-state index in [1.807, 2.05) is 24.3 Å². The van der Waals surface area contributed by atoms with Crippen molar-refractivity contribution in [3.8, 4) is 0 Å². The number of fused-ring (bicyclic) bond motifs is 1. The summed E-state index contributed by atoms with van der Waals surface area (Å²) in [6, 6.07) is 7.76. The largest absolute Gasteiger partial charge is 0.456 e. The first-order valence-electron chi connectivity index (χ1n) is 7.42. The minimum Gasteiger partial charge on any atom is -0.456 e. The van der Waals surface area contributed by atoms with Crippen molar-refractivity contribution in [3.05, 3.63) is 29.3 Å². The number of benzene rings is 1. The summed E-state index contributed by atoms with van der Waals surface area (Å²) in [5.41, 5.74) is 0.913. The lowest BCUT2D eigenvalue weighted by molar-refractivity contribution is -0.148. The zero-order valence-corrected chi connectivity index (χ0v) is 14.4. The maximum absolute atomic E-state index is 11.7. The minimum atomic E-state index is -0.501. The third kappa shape index (κ3) is 5.31. The molecule has 0 aliphatic carbocycles. The summed E-state index contributed by atoms with van der Waals surface area (Å²) >= 11 is 1.54. The molecule has 1 aromatic heterocycles. The summed E-state index contributed by atoms with van der Waals surface area (Å²) in [5, 5.41) is 3.25. The Morgan fingerprint density at radius 3 is 2.71 bits per heavy atom. The van der Waals surface area contributed by atoms with Crippen LogP contribution in [0.3, 0.4) is 0 Å². The first-order chi connectivity index (χ1) is 11.5. The molecule has 0 fully saturated rings.